The van der Waals surface area contributed by atoms with Crippen LogP contribution in [-0.4, -0.2) is 33.2 Å². The summed E-state index contributed by atoms with van der Waals surface area (Å²) in [6.07, 6.45) is 3.77. The highest BCUT2D eigenvalue weighted by Crippen LogP contribution is 2.36. The molecular weight excluding hydrogens is 332 g/mol. The highest BCUT2D eigenvalue weighted by Gasteiger charge is 2.54. The molecule has 144 valence electrons. The molecule has 0 radical (unpaired) electrons. The molecule has 0 aliphatic heterocycles. The van der Waals surface area contributed by atoms with Crippen LogP contribution < -0.4 is 0 Å². The molecule has 0 aromatic rings. The van der Waals surface area contributed by atoms with E-state index in [1.165, 1.54) is 0 Å². The first-order valence-corrected chi connectivity index (χ1v) is 9.02. The van der Waals surface area contributed by atoms with Gasteiger partial charge in [0, 0.05) is 12.3 Å². The second-order valence-electron chi connectivity index (χ2n) is 7.54. The molecule has 0 aromatic carbocycles. The third-order valence-electron chi connectivity index (χ3n) is 4.79. The van der Waals surface area contributed by atoms with Crippen LogP contribution in [0.2, 0.25) is 0 Å². The summed E-state index contributed by atoms with van der Waals surface area (Å²) >= 11 is 0. The molecule has 3 atom stereocenters. The molecule has 2 N–H and O–H groups in total. The number of hydrogen-bond acceptors (Lipinski definition) is 5. The Hall–Kier alpha value is -2.01. The summed E-state index contributed by atoms with van der Waals surface area (Å²) < 4.78 is 0. The fourth-order valence-corrected chi connectivity index (χ4v) is 2.81. The summed E-state index contributed by atoms with van der Waals surface area (Å²) in [6.45, 7) is 10.7. The Balaban J connectivity index is 3.55. The minimum atomic E-state index is -2.32. The Bertz CT molecular complexity index is 687. The van der Waals surface area contributed by atoms with Crippen molar-refractivity contribution in [2.24, 2.45) is 11.8 Å². The molecule has 26 heavy (non-hydrogen) atoms. The summed E-state index contributed by atoms with van der Waals surface area (Å²) in [6, 6.07) is 0. The SMILES string of the molecule is CCC(C)C(=O)C1=C(O)C(CC=C(C)C)C(=O)C(O)(CC=C(C)C)C1=O. The van der Waals surface area contributed by atoms with Gasteiger partial charge in [0.2, 0.25) is 5.78 Å². The number of aliphatic hydroxyl groups is 2. The lowest BCUT2D eigenvalue weighted by molar-refractivity contribution is -0.153. The summed E-state index contributed by atoms with van der Waals surface area (Å²) in [5.41, 5.74) is -0.961. The predicted octanol–water partition coefficient (Wildman–Crippen LogP) is 3.63. The van der Waals surface area contributed by atoms with Crippen LogP contribution in [0.1, 0.15) is 60.8 Å². The maximum Gasteiger partial charge on any atom is 0.209 e. The zero-order valence-electron chi connectivity index (χ0n) is 16.5. The Kier molecular flexibility index (Phi) is 7.27. The summed E-state index contributed by atoms with van der Waals surface area (Å²) in [4.78, 5) is 38.4. The highest BCUT2D eigenvalue weighted by molar-refractivity contribution is 6.32. The number of ketones is 3. The molecule has 0 saturated carbocycles. The molecule has 0 saturated heterocycles. The molecule has 0 bridgehead atoms. The molecule has 0 amide bonds. The maximum atomic E-state index is 12.9. The van der Waals surface area contributed by atoms with Gasteiger partial charge in [0.05, 0.1) is 5.92 Å². The van der Waals surface area contributed by atoms with E-state index >= 15 is 0 Å². The van der Waals surface area contributed by atoms with Gasteiger partial charge >= 0.3 is 0 Å². The molecule has 3 unspecified atom stereocenters. The standard InChI is InChI=1S/C21H30O5/c1-7-14(6)17(22)16-18(23)15(9-8-12(2)3)19(24)21(26,20(16)25)11-10-13(4)5/h8,10,14-15,23,26H,7,9,11H2,1-6H3. The van der Waals surface area contributed by atoms with E-state index in [2.05, 4.69) is 0 Å². The lowest BCUT2D eigenvalue weighted by Crippen LogP contribution is -2.55. The average Bonchev–Trinajstić information content (AvgIpc) is 2.57. The molecule has 0 spiro atoms. The number of carbonyl (C=O) groups excluding carboxylic acids is 3. The van der Waals surface area contributed by atoms with E-state index in [1.807, 2.05) is 13.8 Å². The monoisotopic (exact) mass is 362 g/mol. The van der Waals surface area contributed by atoms with Crippen molar-refractivity contribution in [3.05, 3.63) is 34.6 Å². The van der Waals surface area contributed by atoms with Gasteiger partial charge in [0.25, 0.3) is 0 Å². The second kappa shape index (κ2) is 8.58. The van der Waals surface area contributed by atoms with Gasteiger partial charge in [-0.1, -0.05) is 37.1 Å². The zero-order chi connectivity index (χ0) is 20.2. The van der Waals surface area contributed by atoms with Crippen LogP contribution in [0.3, 0.4) is 0 Å². The first-order valence-electron chi connectivity index (χ1n) is 9.02. The number of hydrogen-bond donors (Lipinski definition) is 2. The summed E-state index contributed by atoms with van der Waals surface area (Å²) in [7, 11) is 0. The van der Waals surface area contributed by atoms with Crippen LogP contribution in [0.4, 0.5) is 0 Å². The van der Waals surface area contributed by atoms with E-state index in [0.717, 1.165) is 11.1 Å². The normalized spacial score (nSPS) is 24.3. The largest absolute Gasteiger partial charge is 0.511 e. The first-order chi connectivity index (χ1) is 12.0. The third-order valence-corrected chi connectivity index (χ3v) is 4.79. The minimum absolute atomic E-state index is 0.134. The molecular formula is C21H30O5. The number of aliphatic hydroxyl groups excluding tert-OH is 1. The van der Waals surface area contributed by atoms with Crippen molar-refractivity contribution < 1.29 is 24.6 Å². The molecule has 5 nitrogen and oxygen atoms in total. The number of rotatable bonds is 7. The van der Waals surface area contributed by atoms with E-state index in [4.69, 9.17) is 0 Å². The van der Waals surface area contributed by atoms with E-state index in [9.17, 15) is 24.6 Å². The Labute approximate surface area is 155 Å². The van der Waals surface area contributed by atoms with Gasteiger partial charge in [-0.15, -0.1) is 0 Å². The molecule has 0 heterocycles. The van der Waals surface area contributed by atoms with Crippen LogP contribution in [0.25, 0.3) is 0 Å². The van der Waals surface area contributed by atoms with Gasteiger partial charge < -0.3 is 10.2 Å². The molecule has 5 heteroatoms. The van der Waals surface area contributed by atoms with Gasteiger partial charge in [0.1, 0.15) is 11.3 Å². The first kappa shape index (κ1) is 22.0. The lowest BCUT2D eigenvalue weighted by atomic mass is 9.70. The van der Waals surface area contributed by atoms with Crippen molar-refractivity contribution >= 4 is 17.3 Å². The van der Waals surface area contributed by atoms with Gasteiger partial charge in [-0.05, 0) is 40.5 Å². The number of carbonyl (C=O) groups is 3. The Morgan fingerprint density at radius 3 is 2.15 bits per heavy atom. The van der Waals surface area contributed by atoms with Crippen LogP contribution in [0.15, 0.2) is 34.6 Å². The summed E-state index contributed by atoms with van der Waals surface area (Å²) in [5.74, 6) is -4.36. The number of allylic oxidation sites excluding steroid dienone is 4. The van der Waals surface area contributed by atoms with Gasteiger partial charge in [-0.3, -0.25) is 14.4 Å². The third kappa shape index (κ3) is 4.39. The van der Waals surface area contributed by atoms with Crippen molar-refractivity contribution in [3.8, 4) is 0 Å². The van der Waals surface area contributed by atoms with Crippen LogP contribution in [-0.2, 0) is 14.4 Å². The molecule has 1 rings (SSSR count). The van der Waals surface area contributed by atoms with E-state index in [-0.39, 0.29) is 12.8 Å². The van der Waals surface area contributed by atoms with Crippen molar-refractivity contribution in [1.82, 2.24) is 0 Å². The van der Waals surface area contributed by atoms with E-state index < -0.39 is 46.1 Å². The zero-order valence-corrected chi connectivity index (χ0v) is 16.5. The van der Waals surface area contributed by atoms with Gasteiger partial charge in [-0.25, -0.2) is 0 Å². The lowest BCUT2D eigenvalue weighted by Gasteiger charge is -2.34. The van der Waals surface area contributed by atoms with Crippen molar-refractivity contribution in [2.75, 3.05) is 0 Å². The van der Waals surface area contributed by atoms with E-state index in [0.29, 0.717) is 6.42 Å². The fraction of sp³-hybridized carbons (Fsp3) is 0.571. The molecule has 1 aliphatic carbocycles. The van der Waals surface area contributed by atoms with Gasteiger partial charge in [0.15, 0.2) is 17.2 Å². The maximum absolute atomic E-state index is 12.9. The smallest absolute Gasteiger partial charge is 0.209 e. The topological polar surface area (TPSA) is 91.7 Å². The minimum Gasteiger partial charge on any atom is -0.511 e. The highest BCUT2D eigenvalue weighted by atomic mass is 16.3. The van der Waals surface area contributed by atoms with Gasteiger partial charge in [-0.2, -0.15) is 0 Å². The van der Waals surface area contributed by atoms with Crippen molar-refractivity contribution in [1.29, 1.82) is 0 Å². The Morgan fingerprint density at radius 2 is 1.69 bits per heavy atom. The fourth-order valence-electron chi connectivity index (χ4n) is 2.81. The van der Waals surface area contributed by atoms with Crippen LogP contribution in [0.5, 0.6) is 0 Å². The van der Waals surface area contributed by atoms with Crippen molar-refractivity contribution in [3.63, 3.8) is 0 Å². The summed E-state index contributed by atoms with van der Waals surface area (Å²) in [5, 5.41) is 21.5. The molecule has 1 aliphatic rings. The molecule has 0 aromatic heterocycles. The second-order valence-corrected chi connectivity index (χ2v) is 7.54. The Morgan fingerprint density at radius 1 is 1.15 bits per heavy atom. The van der Waals surface area contributed by atoms with Crippen LogP contribution >= 0.6 is 0 Å². The molecule has 0 fully saturated rings. The van der Waals surface area contributed by atoms with Crippen LogP contribution in [0, 0.1) is 11.8 Å². The van der Waals surface area contributed by atoms with E-state index in [1.54, 1.807) is 39.8 Å². The average molecular weight is 362 g/mol. The predicted molar refractivity (Wildman–Crippen MR) is 101 cm³/mol. The quantitative estimate of drug-likeness (QED) is 0.410. The number of Topliss-reactive ketones (excluding diaryl/α,β-unsaturated/α-hetero) is 3. The van der Waals surface area contributed by atoms with Crippen molar-refractivity contribution in [2.45, 2.75) is 66.4 Å².